The molecular weight excluding hydrogens is 292 g/mol. The molecular formula is C13H17ClN6O. The van der Waals surface area contributed by atoms with E-state index in [0.717, 1.165) is 13.0 Å². The molecule has 1 aliphatic heterocycles. The van der Waals surface area contributed by atoms with E-state index in [9.17, 15) is 0 Å². The van der Waals surface area contributed by atoms with Gasteiger partial charge in [0.25, 0.3) is 5.95 Å². The molecule has 3 rings (SSSR count). The fraction of sp³-hybridized carbons (Fsp3) is 0.538. The van der Waals surface area contributed by atoms with Crippen LogP contribution in [0.1, 0.15) is 19.3 Å². The molecule has 112 valence electrons. The first-order valence-corrected chi connectivity index (χ1v) is 7.35. The van der Waals surface area contributed by atoms with Crippen LogP contribution in [0.5, 0.6) is 6.01 Å². The summed E-state index contributed by atoms with van der Waals surface area (Å²) in [4.78, 5) is 14.6. The molecule has 7 nitrogen and oxygen atoms in total. The molecule has 2 aromatic heterocycles. The molecule has 21 heavy (non-hydrogen) atoms. The Morgan fingerprint density at radius 3 is 3.00 bits per heavy atom. The quantitative estimate of drug-likeness (QED) is 0.854. The summed E-state index contributed by atoms with van der Waals surface area (Å²) in [5.41, 5.74) is 0. The third-order valence-corrected chi connectivity index (χ3v) is 3.78. The van der Waals surface area contributed by atoms with Crippen molar-refractivity contribution < 1.29 is 4.74 Å². The van der Waals surface area contributed by atoms with Gasteiger partial charge >= 0.3 is 6.01 Å². The van der Waals surface area contributed by atoms with Gasteiger partial charge in [0.05, 0.1) is 0 Å². The fourth-order valence-corrected chi connectivity index (χ4v) is 2.55. The first-order valence-electron chi connectivity index (χ1n) is 6.97. The minimum absolute atomic E-state index is 0.0995. The standard InChI is InChI=1S/C13H17ClN6O/c1-19-7-3-2-5-10(19)9-21-13-17-11(14)16-12(18-13)20-8-4-6-15-20/h4,6,8,10H,2-3,5,7,9H2,1H3. The normalized spacial score (nSPS) is 19.6. The Labute approximate surface area is 127 Å². The summed E-state index contributed by atoms with van der Waals surface area (Å²) in [7, 11) is 2.11. The van der Waals surface area contributed by atoms with E-state index >= 15 is 0 Å². The van der Waals surface area contributed by atoms with Gasteiger partial charge in [0.1, 0.15) is 6.61 Å². The van der Waals surface area contributed by atoms with Crippen LogP contribution in [0, 0.1) is 0 Å². The van der Waals surface area contributed by atoms with Gasteiger partial charge in [-0.3, -0.25) is 0 Å². The Morgan fingerprint density at radius 1 is 1.33 bits per heavy atom. The lowest BCUT2D eigenvalue weighted by molar-refractivity contribution is 0.119. The number of likely N-dealkylation sites (tertiary alicyclic amines) is 1. The molecule has 0 aromatic carbocycles. The van der Waals surface area contributed by atoms with Crippen molar-refractivity contribution in [2.75, 3.05) is 20.2 Å². The number of nitrogens with zero attached hydrogens (tertiary/aromatic N) is 6. The third kappa shape index (κ3) is 3.48. The van der Waals surface area contributed by atoms with Gasteiger partial charge in [-0.15, -0.1) is 0 Å². The number of hydrogen-bond donors (Lipinski definition) is 0. The van der Waals surface area contributed by atoms with E-state index in [2.05, 4.69) is 32.0 Å². The average molecular weight is 309 g/mol. The zero-order chi connectivity index (χ0) is 14.7. The highest BCUT2D eigenvalue weighted by Gasteiger charge is 2.20. The predicted molar refractivity (Wildman–Crippen MR) is 77.7 cm³/mol. The number of halogens is 1. The molecule has 1 fully saturated rings. The van der Waals surface area contributed by atoms with Gasteiger partial charge in [0.2, 0.25) is 5.28 Å². The maximum atomic E-state index is 5.92. The summed E-state index contributed by atoms with van der Waals surface area (Å²) in [6.07, 6.45) is 6.99. The van der Waals surface area contributed by atoms with E-state index in [-0.39, 0.29) is 11.3 Å². The van der Waals surface area contributed by atoms with Gasteiger partial charge in [-0.25, -0.2) is 4.68 Å². The monoisotopic (exact) mass is 308 g/mol. The Bertz CT molecular complexity index is 590. The molecule has 0 bridgehead atoms. The summed E-state index contributed by atoms with van der Waals surface area (Å²) in [6, 6.07) is 2.41. The molecule has 0 saturated carbocycles. The third-order valence-electron chi connectivity index (χ3n) is 3.61. The molecule has 2 aromatic rings. The van der Waals surface area contributed by atoms with Gasteiger partial charge in [-0.1, -0.05) is 6.42 Å². The number of hydrogen-bond acceptors (Lipinski definition) is 6. The van der Waals surface area contributed by atoms with Crippen molar-refractivity contribution in [1.29, 1.82) is 0 Å². The van der Waals surface area contributed by atoms with Gasteiger partial charge < -0.3 is 9.64 Å². The summed E-state index contributed by atoms with van der Waals surface area (Å²) < 4.78 is 7.23. The van der Waals surface area contributed by atoms with Crippen molar-refractivity contribution in [2.24, 2.45) is 0 Å². The lowest BCUT2D eigenvalue weighted by Crippen LogP contribution is -2.40. The van der Waals surface area contributed by atoms with Crippen molar-refractivity contribution in [1.82, 2.24) is 29.6 Å². The minimum atomic E-state index is 0.0995. The molecule has 1 aliphatic rings. The lowest BCUT2D eigenvalue weighted by atomic mass is 10.0. The van der Waals surface area contributed by atoms with Crippen molar-refractivity contribution in [3.63, 3.8) is 0 Å². The molecule has 1 atom stereocenters. The first-order chi connectivity index (χ1) is 10.2. The second kappa shape index (κ2) is 6.36. The molecule has 0 aliphatic carbocycles. The van der Waals surface area contributed by atoms with Gasteiger partial charge in [0, 0.05) is 18.4 Å². The fourth-order valence-electron chi connectivity index (χ4n) is 2.40. The van der Waals surface area contributed by atoms with Crippen LogP contribution < -0.4 is 4.74 Å². The maximum Gasteiger partial charge on any atom is 0.322 e. The highest BCUT2D eigenvalue weighted by atomic mass is 35.5. The Balaban J connectivity index is 1.70. The smallest absolute Gasteiger partial charge is 0.322 e. The molecule has 0 N–H and O–H groups in total. The lowest BCUT2D eigenvalue weighted by Gasteiger charge is -2.31. The van der Waals surface area contributed by atoms with Crippen LogP contribution in [-0.2, 0) is 0 Å². The molecule has 0 radical (unpaired) electrons. The summed E-state index contributed by atoms with van der Waals surface area (Å²) in [6.45, 7) is 1.65. The van der Waals surface area contributed by atoms with Crippen molar-refractivity contribution in [3.05, 3.63) is 23.7 Å². The molecule has 3 heterocycles. The number of piperidine rings is 1. The van der Waals surface area contributed by atoms with Gasteiger partial charge in [0.15, 0.2) is 0 Å². The van der Waals surface area contributed by atoms with Crippen LogP contribution in [0.15, 0.2) is 18.5 Å². The molecule has 1 unspecified atom stereocenters. The number of likely N-dealkylation sites (N-methyl/N-ethyl adjacent to an activating group) is 1. The molecule has 0 spiro atoms. The van der Waals surface area contributed by atoms with Crippen LogP contribution in [-0.4, -0.2) is 55.9 Å². The van der Waals surface area contributed by atoms with E-state index in [1.165, 1.54) is 17.5 Å². The van der Waals surface area contributed by atoms with Crippen LogP contribution in [0.2, 0.25) is 5.28 Å². The van der Waals surface area contributed by atoms with E-state index in [0.29, 0.717) is 18.6 Å². The van der Waals surface area contributed by atoms with Crippen molar-refractivity contribution in [2.45, 2.75) is 25.3 Å². The second-order valence-electron chi connectivity index (χ2n) is 5.08. The maximum absolute atomic E-state index is 5.92. The van der Waals surface area contributed by atoms with Crippen LogP contribution in [0.3, 0.4) is 0 Å². The molecule has 8 heteroatoms. The number of ether oxygens (including phenoxy) is 1. The Morgan fingerprint density at radius 2 is 2.24 bits per heavy atom. The molecule has 1 saturated heterocycles. The van der Waals surface area contributed by atoms with Gasteiger partial charge in [-0.2, -0.15) is 20.1 Å². The number of rotatable bonds is 4. The Hall–Kier alpha value is -1.73. The highest BCUT2D eigenvalue weighted by Crippen LogP contribution is 2.17. The Kier molecular flexibility index (Phi) is 4.31. The molecule has 0 amide bonds. The first kappa shape index (κ1) is 14.2. The van der Waals surface area contributed by atoms with Crippen LogP contribution >= 0.6 is 11.6 Å². The van der Waals surface area contributed by atoms with Gasteiger partial charge in [-0.05, 0) is 44.1 Å². The van der Waals surface area contributed by atoms with E-state index in [1.807, 2.05) is 0 Å². The topological polar surface area (TPSA) is 69.0 Å². The summed E-state index contributed by atoms with van der Waals surface area (Å²) in [5.74, 6) is 0.354. The zero-order valence-electron chi connectivity index (χ0n) is 11.8. The summed E-state index contributed by atoms with van der Waals surface area (Å²) >= 11 is 5.92. The van der Waals surface area contributed by atoms with E-state index < -0.39 is 0 Å². The predicted octanol–water partition coefficient (Wildman–Crippen LogP) is 1.57. The second-order valence-corrected chi connectivity index (χ2v) is 5.42. The van der Waals surface area contributed by atoms with E-state index in [4.69, 9.17) is 16.3 Å². The number of aromatic nitrogens is 5. The van der Waals surface area contributed by atoms with Crippen LogP contribution in [0.25, 0.3) is 5.95 Å². The van der Waals surface area contributed by atoms with Crippen molar-refractivity contribution >= 4 is 11.6 Å². The zero-order valence-corrected chi connectivity index (χ0v) is 12.6. The van der Waals surface area contributed by atoms with Crippen molar-refractivity contribution in [3.8, 4) is 12.0 Å². The summed E-state index contributed by atoms with van der Waals surface area (Å²) in [5, 5.41) is 4.17. The minimum Gasteiger partial charge on any atom is -0.462 e. The van der Waals surface area contributed by atoms with Crippen LogP contribution in [0.4, 0.5) is 0 Å². The van der Waals surface area contributed by atoms with E-state index in [1.54, 1.807) is 18.5 Å². The SMILES string of the molecule is CN1CCCCC1COc1nc(Cl)nc(-n2cccn2)n1. The average Bonchev–Trinajstić information content (AvgIpc) is 3.00. The largest absolute Gasteiger partial charge is 0.462 e. The highest BCUT2D eigenvalue weighted by molar-refractivity contribution is 6.28.